The van der Waals surface area contributed by atoms with Crippen LogP contribution in [0.3, 0.4) is 0 Å². The van der Waals surface area contributed by atoms with E-state index < -0.39 is 0 Å². The first kappa shape index (κ1) is 16.4. The van der Waals surface area contributed by atoms with Crippen LogP contribution in [0, 0.1) is 6.92 Å². The van der Waals surface area contributed by atoms with Gasteiger partial charge in [0.15, 0.2) is 5.13 Å². The fraction of sp³-hybridized carbons (Fsp3) is 0.353. The highest BCUT2D eigenvalue weighted by Crippen LogP contribution is 2.18. The topological polar surface area (TPSA) is 74.3 Å². The maximum atomic E-state index is 12.1. The first-order valence-corrected chi connectivity index (χ1v) is 8.85. The van der Waals surface area contributed by atoms with Crippen molar-refractivity contribution in [1.29, 1.82) is 0 Å². The molecule has 7 heteroatoms. The van der Waals surface area contributed by atoms with E-state index in [9.17, 15) is 9.59 Å². The number of amides is 3. The molecule has 3 rings (SSSR count). The Bertz CT molecular complexity index is 738. The molecule has 0 radical (unpaired) electrons. The van der Waals surface area contributed by atoms with Crippen LogP contribution in [0.5, 0.6) is 0 Å². The Balaban J connectivity index is 1.53. The van der Waals surface area contributed by atoms with Crippen molar-refractivity contribution in [3.63, 3.8) is 0 Å². The second kappa shape index (κ2) is 7.44. The smallest absolute Gasteiger partial charge is 0.325 e. The second-order valence-corrected chi connectivity index (χ2v) is 6.72. The number of hydrogen-bond donors (Lipinski definition) is 2. The van der Waals surface area contributed by atoms with Crippen LogP contribution in [-0.2, 0) is 11.2 Å². The van der Waals surface area contributed by atoms with Gasteiger partial charge in [-0.2, -0.15) is 0 Å². The van der Waals surface area contributed by atoms with Gasteiger partial charge in [0.2, 0.25) is 5.91 Å². The predicted octanol–water partition coefficient (Wildman–Crippen LogP) is 3.26. The van der Waals surface area contributed by atoms with Crippen LogP contribution >= 0.6 is 11.3 Å². The number of benzene rings is 1. The normalized spacial score (nSPS) is 13.8. The Morgan fingerprint density at radius 2 is 2.04 bits per heavy atom. The Kier molecular flexibility index (Phi) is 5.10. The van der Waals surface area contributed by atoms with E-state index in [1.165, 1.54) is 11.3 Å². The summed E-state index contributed by atoms with van der Waals surface area (Å²) in [5.74, 6) is 0.105. The molecule has 126 valence electrons. The number of likely N-dealkylation sites (tertiary alicyclic amines) is 1. The lowest BCUT2D eigenvalue weighted by molar-refractivity contribution is -0.129. The van der Waals surface area contributed by atoms with Gasteiger partial charge in [-0.3, -0.25) is 10.1 Å². The SMILES string of the molecule is Cc1cccc(NC(=O)Nc2nc(CC(=O)N3CCCC3)cs2)c1. The zero-order valence-corrected chi connectivity index (χ0v) is 14.4. The summed E-state index contributed by atoms with van der Waals surface area (Å²) in [6.07, 6.45) is 2.45. The van der Waals surface area contributed by atoms with Crippen LogP contribution in [0.4, 0.5) is 15.6 Å². The molecule has 0 atom stereocenters. The number of rotatable bonds is 4. The van der Waals surface area contributed by atoms with E-state index in [0.717, 1.165) is 37.2 Å². The van der Waals surface area contributed by atoms with E-state index in [-0.39, 0.29) is 18.4 Å². The standard InChI is InChI=1S/C17H20N4O2S/c1-12-5-4-6-13(9-12)18-16(23)20-17-19-14(11-24-17)10-15(22)21-7-2-3-8-21/h4-6,9,11H,2-3,7-8,10H2,1H3,(H2,18,19,20,23). The molecular formula is C17H20N4O2S. The number of anilines is 2. The minimum absolute atomic E-state index is 0.105. The number of aromatic nitrogens is 1. The highest BCUT2D eigenvalue weighted by atomic mass is 32.1. The number of aryl methyl sites for hydroxylation is 1. The Morgan fingerprint density at radius 3 is 2.79 bits per heavy atom. The van der Waals surface area contributed by atoms with Crippen LogP contribution in [0.15, 0.2) is 29.6 Å². The average molecular weight is 344 g/mol. The Labute approximate surface area is 144 Å². The molecule has 3 amide bonds. The molecule has 1 fully saturated rings. The van der Waals surface area contributed by atoms with Crippen molar-refractivity contribution >= 4 is 34.1 Å². The maximum absolute atomic E-state index is 12.1. The zero-order chi connectivity index (χ0) is 16.9. The largest absolute Gasteiger partial charge is 0.342 e. The van der Waals surface area contributed by atoms with Gasteiger partial charge in [-0.15, -0.1) is 11.3 Å². The monoisotopic (exact) mass is 344 g/mol. The summed E-state index contributed by atoms with van der Waals surface area (Å²) in [5.41, 5.74) is 2.50. The van der Waals surface area contributed by atoms with Crippen LogP contribution in [0.25, 0.3) is 0 Å². The minimum Gasteiger partial charge on any atom is -0.342 e. The highest BCUT2D eigenvalue weighted by Gasteiger charge is 2.19. The van der Waals surface area contributed by atoms with Gasteiger partial charge in [-0.05, 0) is 37.5 Å². The molecule has 0 unspecified atom stereocenters. The number of hydrogen-bond acceptors (Lipinski definition) is 4. The van der Waals surface area contributed by atoms with E-state index in [1.807, 2.05) is 41.5 Å². The van der Waals surface area contributed by atoms with Gasteiger partial charge in [0, 0.05) is 24.2 Å². The van der Waals surface area contributed by atoms with Gasteiger partial charge in [0.1, 0.15) is 0 Å². The van der Waals surface area contributed by atoms with Gasteiger partial charge in [-0.1, -0.05) is 12.1 Å². The molecule has 2 heterocycles. The summed E-state index contributed by atoms with van der Waals surface area (Å²) >= 11 is 1.32. The lowest BCUT2D eigenvalue weighted by Gasteiger charge is -2.13. The second-order valence-electron chi connectivity index (χ2n) is 5.86. The molecule has 0 bridgehead atoms. The van der Waals surface area contributed by atoms with Crippen molar-refractivity contribution in [2.24, 2.45) is 0 Å². The number of urea groups is 1. The Morgan fingerprint density at radius 1 is 1.25 bits per heavy atom. The lowest BCUT2D eigenvalue weighted by Crippen LogP contribution is -2.29. The summed E-state index contributed by atoms with van der Waals surface area (Å²) in [6, 6.07) is 7.23. The van der Waals surface area contributed by atoms with Crippen molar-refractivity contribution in [3.8, 4) is 0 Å². The van der Waals surface area contributed by atoms with E-state index in [4.69, 9.17) is 0 Å². The maximum Gasteiger partial charge on any atom is 0.325 e. The molecule has 2 aromatic rings. The molecule has 1 saturated heterocycles. The average Bonchev–Trinajstić information content (AvgIpc) is 3.19. The fourth-order valence-corrected chi connectivity index (χ4v) is 3.37. The predicted molar refractivity (Wildman–Crippen MR) is 95.5 cm³/mol. The lowest BCUT2D eigenvalue weighted by atomic mass is 10.2. The van der Waals surface area contributed by atoms with E-state index in [0.29, 0.717) is 10.8 Å². The fourth-order valence-electron chi connectivity index (χ4n) is 2.66. The van der Waals surface area contributed by atoms with Crippen molar-refractivity contribution in [2.45, 2.75) is 26.2 Å². The van der Waals surface area contributed by atoms with Gasteiger partial charge < -0.3 is 10.2 Å². The summed E-state index contributed by atoms with van der Waals surface area (Å²) in [4.78, 5) is 30.3. The van der Waals surface area contributed by atoms with Gasteiger partial charge >= 0.3 is 6.03 Å². The van der Waals surface area contributed by atoms with Crippen molar-refractivity contribution in [2.75, 3.05) is 23.7 Å². The molecule has 24 heavy (non-hydrogen) atoms. The molecule has 1 aromatic carbocycles. The molecule has 0 spiro atoms. The number of nitrogens with one attached hydrogen (secondary N) is 2. The van der Waals surface area contributed by atoms with Crippen molar-refractivity contribution in [3.05, 3.63) is 40.9 Å². The van der Waals surface area contributed by atoms with Crippen LogP contribution in [-0.4, -0.2) is 34.9 Å². The molecule has 6 nitrogen and oxygen atoms in total. The molecule has 1 aromatic heterocycles. The first-order chi connectivity index (χ1) is 11.6. The third-order valence-corrected chi connectivity index (χ3v) is 4.65. The highest BCUT2D eigenvalue weighted by molar-refractivity contribution is 7.14. The molecular weight excluding hydrogens is 324 g/mol. The summed E-state index contributed by atoms with van der Waals surface area (Å²) in [6.45, 7) is 3.65. The number of carbonyl (C=O) groups is 2. The van der Waals surface area contributed by atoms with Crippen LogP contribution in [0.2, 0.25) is 0 Å². The zero-order valence-electron chi connectivity index (χ0n) is 13.5. The first-order valence-electron chi connectivity index (χ1n) is 7.97. The third-order valence-electron chi connectivity index (χ3n) is 3.84. The quantitative estimate of drug-likeness (QED) is 0.894. The van der Waals surface area contributed by atoms with Gasteiger partial charge in [-0.25, -0.2) is 9.78 Å². The van der Waals surface area contributed by atoms with Crippen LogP contribution in [0.1, 0.15) is 24.1 Å². The number of thiazole rings is 1. The van der Waals surface area contributed by atoms with E-state index >= 15 is 0 Å². The summed E-state index contributed by atoms with van der Waals surface area (Å²) < 4.78 is 0. The molecule has 0 saturated carbocycles. The van der Waals surface area contributed by atoms with E-state index in [2.05, 4.69) is 15.6 Å². The van der Waals surface area contributed by atoms with Crippen molar-refractivity contribution in [1.82, 2.24) is 9.88 Å². The Hall–Kier alpha value is -2.41. The summed E-state index contributed by atoms with van der Waals surface area (Å²) in [5, 5.41) is 7.78. The van der Waals surface area contributed by atoms with Gasteiger partial charge in [0.25, 0.3) is 0 Å². The number of nitrogens with zero attached hydrogens (tertiary/aromatic N) is 2. The van der Waals surface area contributed by atoms with Crippen molar-refractivity contribution < 1.29 is 9.59 Å². The molecule has 0 aliphatic carbocycles. The summed E-state index contributed by atoms with van der Waals surface area (Å²) in [7, 11) is 0. The molecule has 1 aliphatic rings. The molecule has 1 aliphatic heterocycles. The van der Waals surface area contributed by atoms with Gasteiger partial charge in [0.05, 0.1) is 12.1 Å². The minimum atomic E-state index is -0.340. The molecule has 2 N–H and O–H groups in total. The van der Waals surface area contributed by atoms with Crippen LogP contribution < -0.4 is 10.6 Å². The van der Waals surface area contributed by atoms with E-state index in [1.54, 1.807) is 0 Å². The number of carbonyl (C=O) groups excluding carboxylic acids is 2. The third kappa shape index (κ3) is 4.32.